The molecule has 0 unspecified atom stereocenters. The lowest BCUT2D eigenvalue weighted by Crippen LogP contribution is -2.22. The number of aryl methyl sites for hydroxylation is 1. The van der Waals surface area contributed by atoms with Crippen molar-refractivity contribution < 1.29 is 18.0 Å². The summed E-state index contributed by atoms with van der Waals surface area (Å²) in [5.74, 6) is 0.619. The van der Waals surface area contributed by atoms with Gasteiger partial charge < -0.3 is 14.6 Å². The lowest BCUT2D eigenvalue weighted by molar-refractivity contribution is 0.277. The maximum atomic E-state index is 11.9. The zero-order valence-corrected chi connectivity index (χ0v) is 10.5. The average molecular weight is 271 g/mol. The summed E-state index contributed by atoms with van der Waals surface area (Å²) in [6, 6.07) is 3.02. The molecular weight excluding hydrogens is 258 g/mol. The van der Waals surface area contributed by atoms with Crippen LogP contribution < -0.4 is 4.72 Å². The fraction of sp³-hybridized carbons (Fsp3) is 0.300. The topological polar surface area (TPSA) is 108 Å². The van der Waals surface area contributed by atoms with Crippen molar-refractivity contribution in [2.45, 2.75) is 25.0 Å². The predicted octanol–water partition coefficient (Wildman–Crippen LogP) is 0.282. The standard InChI is InChI=1S/C10H13N3O4S/c1-7-2-8(13-17-7)4-12-18(15,16)10-3-9(6-14)11-5-10/h2-3,5,11-12,14H,4,6H2,1H3. The molecule has 0 amide bonds. The Morgan fingerprint density at radius 2 is 2.28 bits per heavy atom. The van der Waals surface area contributed by atoms with Gasteiger partial charge in [-0.1, -0.05) is 5.16 Å². The number of aromatic nitrogens is 2. The molecule has 3 N–H and O–H groups in total. The molecule has 0 saturated heterocycles. The Morgan fingerprint density at radius 1 is 1.50 bits per heavy atom. The minimum atomic E-state index is -3.61. The van der Waals surface area contributed by atoms with Crippen molar-refractivity contribution in [2.24, 2.45) is 0 Å². The summed E-state index contributed by atoms with van der Waals surface area (Å²) in [5, 5.41) is 12.5. The first-order valence-electron chi connectivity index (χ1n) is 5.21. The van der Waals surface area contributed by atoms with Crippen molar-refractivity contribution in [1.29, 1.82) is 0 Å². The molecule has 0 aromatic carbocycles. The van der Waals surface area contributed by atoms with Crippen LogP contribution in [-0.2, 0) is 23.2 Å². The van der Waals surface area contributed by atoms with Crippen molar-refractivity contribution in [3.05, 3.63) is 35.5 Å². The molecule has 2 aromatic heterocycles. The lowest BCUT2D eigenvalue weighted by atomic mass is 10.4. The van der Waals surface area contributed by atoms with Gasteiger partial charge in [0.25, 0.3) is 0 Å². The van der Waals surface area contributed by atoms with Gasteiger partial charge in [0.2, 0.25) is 10.0 Å². The molecule has 0 bridgehead atoms. The Labute approximate surface area is 104 Å². The quantitative estimate of drug-likeness (QED) is 0.724. The molecular formula is C10H13N3O4S. The molecule has 0 aliphatic heterocycles. The molecule has 0 saturated carbocycles. The number of aromatic amines is 1. The number of sulfonamides is 1. The van der Waals surface area contributed by atoms with E-state index >= 15 is 0 Å². The Hall–Kier alpha value is -1.64. The van der Waals surface area contributed by atoms with E-state index in [2.05, 4.69) is 14.9 Å². The molecule has 2 heterocycles. The number of hydrogen-bond acceptors (Lipinski definition) is 5. The fourth-order valence-electron chi connectivity index (χ4n) is 1.42. The van der Waals surface area contributed by atoms with Crippen LogP contribution in [0.2, 0.25) is 0 Å². The minimum absolute atomic E-state index is 0.0549. The Bertz CT molecular complexity index is 629. The van der Waals surface area contributed by atoms with E-state index in [1.165, 1.54) is 12.3 Å². The van der Waals surface area contributed by atoms with Gasteiger partial charge in [0, 0.05) is 18.0 Å². The number of hydrogen-bond donors (Lipinski definition) is 3. The zero-order chi connectivity index (χ0) is 13.2. The van der Waals surface area contributed by atoms with Gasteiger partial charge in [-0.25, -0.2) is 13.1 Å². The summed E-state index contributed by atoms with van der Waals surface area (Å²) < 4.78 is 31.0. The molecule has 18 heavy (non-hydrogen) atoms. The number of aliphatic hydroxyl groups is 1. The highest BCUT2D eigenvalue weighted by Crippen LogP contribution is 2.11. The number of rotatable bonds is 5. The van der Waals surface area contributed by atoms with Crippen LogP contribution in [-0.4, -0.2) is 23.7 Å². The Kier molecular flexibility index (Phi) is 3.50. The summed E-state index contributed by atoms with van der Waals surface area (Å²) in [4.78, 5) is 2.74. The molecule has 98 valence electrons. The van der Waals surface area contributed by atoms with Crippen molar-refractivity contribution in [3.63, 3.8) is 0 Å². The Balaban J connectivity index is 2.07. The highest BCUT2D eigenvalue weighted by Gasteiger charge is 2.16. The van der Waals surface area contributed by atoms with Crippen LogP contribution in [0.15, 0.2) is 27.7 Å². The molecule has 0 spiro atoms. The third kappa shape index (κ3) is 2.78. The van der Waals surface area contributed by atoms with Gasteiger partial charge in [-0.3, -0.25) is 0 Å². The summed E-state index contributed by atoms with van der Waals surface area (Å²) in [6.07, 6.45) is 1.32. The monoisotopic (exact) mass is 271 g/mol. The van der Waals surface area contributed by atoms with E-state index in [-0.39, 0.29) is 18.0 Å². The first-order valence-corrected chi connectivity index (χ1v) is 6.69. The number of nitrogens with one attached hydrogen (secondary N) is 2. The zero-order valence-electron chi connectivity index (χ0n) is 9.67. The first kappa shape index (κ1) is 12.8. The average Bonchev–Trinajstić information content (AvgIpc) is 2.95. The van der Waals surface area contributed by atoms with Crippen molar-refractivity contribution >= 4 is 10.0 Å². The fourth-order valence-corrected chi connectivity index (χ4v) is 2.43. The van der Waals surface area contributed by atoms with Gasteiger partial charge in [-0.2, -0.15) is 0 Å². The summed E-state index contributed by atoms with van der Waals surface area (Å²) in [7, 11) is -3.61. The number of aliphatic hydroxyl groups excluding tert-OH is 1. The van der Waals surface area contributed by atoms with Crippen molar-refractivity contribution in [3.8, 4) is 0 Å². The number of H-pyrrole nitrogens is 1. The molecule has 2 aromatic rings. The second-order valence-electron chi connectivity index (χ2n) is 3.77. The third-order valence-corrected chi connectivity index (χ3v) is 3.70. The summed E-state index contributed by atoms with van der Waals surface area (Å²) >= 11 is 0. The van der Waals surface area contributed by atoms with E-state index in [4.69, 9.17) is 9.63 Å². The second kappa shape index (κ2) is 4.92. The van der Waals surface area contributed by atoms with Gasteiger partial charge in [-0.05, 0) is 13.0 Å². The smallest absolute Gasteiger partial charge is 0.242 e. The van der Waals surface area contributed by atoms with Crippen LogP contribution in [0.3, 0.4) is 0 Å². The van der Waals surface area contributed by atoms with E-state index in [0.29, 0.717) is 17.1 Å². The molecule has 0 aliphatic carbocycles. The van der Waals surface area contributed by atoms with Gasteiger partial charge in [0.05, 0.1) is 23.7 Å². The highest BCUT2D eigenvalue weighted by molar-refractivity contribution is 7.89. The first-order chi connectivity index (χ1) is 8.51. The van der Waals surface area contributed by atoms with E-state index in [9.17, 15) is 8.42 Å². The van der Waals surface area contributed by atoms with Crippen LogP contribution >= 0.6 is 0 Å². The van der Waals surface area contributed by atoms with Crippen LogP contribution in [0.5, 0.6) is 0 Å². The van der Waals surface area contributed by atoms with Crippen molar-refractivity contribution in [1.82, 2.24) is 14.9 Å². The minimum Gasteiger partial charge on any atom is -0.390 e. The van der Waals surface area contributed by atoms with Gasteiger partial charge >= 0.3 is 0 Å². The van der Waals surface area contributed by atoms with Crippen LogP contribution in [0, 0.1) is 6.92 Å². The van der Waals surface area contributed by atoms with Gasteiger partial charge in [0.15, 0.2) is 0 Å². The molecule has 0 atom stereocenters. The van der Waals surface area contributed by atoms with Crippen LogP contribution in [0.25, 0.3) is 0 Å². The molecule has 8 heteroatoms. The van der Waals surface area contributed by atoms with E-state index in [1.54, 1.807) is 13.0 Å². The molecule has 7 nitrogen and oxygen atoms in total. The van der Waals surface area contributed by atoms with E-state index in [0.717, 1.165) is 0 Å². The SMILES string of the molecule is Cc1cc(CNS(=O)(=O)c2c[nH]c(CO)c2)no1. The lowest BCUT2D eigenvalue weighted by Gasteiger charge is -2.01. The molecule has 0 fully saturated rings. The largest absolute Gasteiger partial charge is 0.390 e. The maximum absolute atomic E-state index is 11.9. The highest BCUT2D eigenvalue weighted by atomic mass is 32.2. The maximum Gasteiger partial charge on any atom is 0.242 e. The van der Waals surface area contributed by atoms with E-state index < -0.39 is 10.0 Å². The number of nitrogens with zero attached hydrogens (tertiary/aromatic N) is 1. The summed E-state index contributed by atoms with van der Waals surface area (Å²) in [6.45, 7) is 1.54. The Morgan fingerprint density at radius 3 is 2.83 bits per heavy atom. The van der Waals surface area contributed by atoms with Crippen LogP contribution in [0.1, 0.15) is 17.1 Å². The van der Waals surface area contributed by atoms with E-state index in [1.807, 2.05) is 0 Å². The molecule has 0 radical (unpaired) electrons. The molecule has 0 aliphatic rings. The van der Waals surface area contributed by atoms with Crippen molar-refractivity contribution in [2.75, 3.05) is 0 Å². The predicted molar refractivity (Wildman–Crippen MR) is 62.0 cm³/mol. The second-order valence-corrected chi connectivity index (χ2v) is 5.54. The van der Waals surface area contributed by atoms with Gasteiger partial charge in [-0.15, -0.1) is 0 Å². The third-order valence-electron chi connectivity index (χ3n) is 2.32. The molecule has 2 rings (SSSR count). The van der Waals surface area contributed by atoms with Gasteiger partial charge in [0.1, 0.15) is 5.76 Å². The summed E-state index contributed by atoms with van der Waals surface area (Å²) in [5.41, 5.74) is 0.946. The normalized spacial score (nSPS) is 11.9. The van der Waals surface area contributed by atoms with Crippen LogP contribution in [0.4, 0.5) is 0 Å².